The molecule has 0 aliphatic carbocycles. The van der Waals surface area contributed by atoms with Crippen molar-refractivity contribution < 1.29 is 14.7 Å². The second kappa shape index (κ2) is 5.75. The molecular weight excluding hydrogens is 266 g/mol. The molecular formula is C12H13N3O3S. The third-order valence-electron chi connectivity index (χ3n) is 2.41. The summed E-state index contributed by atoms with van der Waals surface area (Å²) in [7, 11) is 0. The van der Waals surface area contributed by atoms with Crippen LogP contribution >= 0.6 is 11.8 Å². The zero-order valence-corrected chi connectivity index (χ0v) is 11.1. The molecule has 0 radical (unpaired) electrons. The largest absolute Gasteiger partial charge is 0.476 e. The summed E-state index contributed by atoms with van der Waals surface area (Å²) in [6.45, 7) is 2.38. The highest BCUT2D eigenvalue weighted by atomic mass is 32.2. The SMILES string of the molecule is CCNC(=O)CSc1nc2ccccn2c1C(=O)O. The zero-order chi connectivity index (χ0) is 13.8. The van der Waals surface area contributed by atoms with Crippen molar-refractivity contribution in [1.82, 2.24) is 14.7 Å². The fourth-order valence-electron chi connectivity index (χ4n) is 1.65. The van der Waals surface area contributed by atoms with Gasteiger partial charge in [-0.05, 0) is 19.1 Å². The van der Waals surface area contributed by atoms with E-state index >= 15 is 0 Å². The summed E-state index contributed by atoms with van der Waals surface area (Å²) < 4.78 is 1.50. The van der Waals surface area contributed by atoms with Gasteiger partial charge in [-0.15, -0.1) is 0 Å². The number of pyridine rings is 1. The minimum atomic E-state index is -1.06. The number of amides is 1. The van der Waals surface area contributed by atoms with Crippen molar-refractivity contribution in [1.29, 1.82) is 0 Å². The molecule has 0 aromatic carbocycles. The van der Waals surface area contributed by atoms with Gasteiger partial charge < -0.3 is 10.4 Å². The van der Waals surface area contributed by atoms with E-state index in [1.807, 2.05) is 6.92 Å². The predicted molar refractivity (Wildman–Crippen MR) is 71.6 cm³/mol. The van der Waals surface area contributed by atoms with Gasteiger partial charge in [0.25, 0.3) is 0 Å². The second-order valence-electron chi connectivity index (χ2n) is 3.74. The van der Waals surface area contributed by atoms with E-state index < -0.39 is 5.97 Å². The molecule has 0 saturated heterocycles. The number of hydrogen-bond acceptors (Lipinski definition) is 4. The van der Waals surface area contributed by atoms with Crippen LogP contribution in [0.5, 0.6) is 0 Å². The number of aromatic carboxylic acids is 1. The van der Waals surface area contributed by atoms with Gasteiger partial charge in [0.15, 0.2) is 5.69 Å². The van der Waals surface area contributed by atoms with E-state index in [0.717, 1.165) is 11.8 Å². The van der Waals surface area contributed by atoms with Crippen molar-refractivity contribution in [2.45, 2.75) is 11.9 Å². The van der Waals surface area contributed by atoms with Crippen LogP contribution in [0.15, 0.2) is 29.4 Å². The third-order valence-corrected chi connectivity index (χ3v) is 3.38. The molecule has 0 aliphatic rings. The Labute approximate surface area is 113 Å². The van der Waals surface area contributed by atoms with Crippen molar-refractivity contribution in [2.75, 3.05) is 12.3 Å². The number of imidazole rings is 1. The molecule has 100 valence electrons. The van der Waals surface area contributed by atoms with Gasteiger partial charge in [0, 0.05) is 12.7 Å². The van der Waals surface area contributed by atoms with Crippen LogP contribution in [0.1, 0.15) is 17.4 Å². The molecule has 2 heterocycles. The van der Waals surface area contributed by atoms with Crippen molar-refractivity contribution in [3.05, 3.63) is 30.1 Å². The van der Waals surface area contributed by atoms with E-state index in [1.165, 1.54) is 4.40 Å². The maximum absolute atomic E-state index is 11.4. The smallest absolute Gasteiger partial charge is 0.355 e. The Balaban J connectivity index is 2.29. The highest BCUT2D eigenvalue weighted by Crippen LogP contribution is 2.23. The van der Waals surface area contributed by atoms with E-state index in [4.69, 9.17) is 0 Å². The molecule has 2 N–H and O–H groups in total. The number of carbonyl (C=O) groups excluding carboxylic acids is 1. The summed E-state index contributed by atoms with van der Waals surface area (Å²) in [4.78, 5) is 26.9. The molecule has 2 aromatic rings. The third kappa shape index (κ3) is 2.87. The number of thioether (sulfide) groups is 1. The molecule has 2 rings (SSSR count). The summed E-state index contributed by atoms with van der Waals surface area (Å²) >= 11 is 1.12. The van der Waals surface area contributed by atoms with Crippen LogP contribution in [0.4, 0.5) is 0 Å². The predicted octanol–water partition coefficient (Wildman–Crippen LogP) is 1.26. The fraction of sp³-hybridized carbons (Fsp3) is 0.250. The summed E-state index contributed by atoms with van der Waals surface area (Å²) in [5.74, 6) is -1.05. The van der Waals surface area contributed by atoms with Crippen LogP contribution in [0.2, 0.25) is 0 Å². The molecule has 0 bridgehead atoms. The Hall–Kier alpha value is -2.02. The summed E-state index contributed by atoms with van der Waals surface area (Å²) in [5.41, 5.74) is 0.642. The number of aromatic nitrogens is 2. The molecule has 6 nitrogen and oxygen atoms in total. The Morgan fingerprint density at radius 2 is 2.26 bits per heavy atom. The summed E-state index contributed by atoms with van der Waals surface area (Å²) in [5, 5.41) is 12.3. The van der Waals surface area contributed by atoms with E-state index in [2.05, 4.69) is 10.3 Å². The van der Waals surface area contributed by atoms with Gasteiger partial charge in [-0.1, -0.05) is 17.8 Å². The molecule has 0 saturated carbocycles. The maximum Gasteiger partial charge on any atom is 0.355 e. The molecule has 2 aromatic heterocycles. The van der Waals surface area contributed by atoms with Crippen LogP contribution in [0.25, 0.3) is 5.65 Å². The lowest BCUT2D eigenvalue weighted by atomic mass is 10.4. The van der Waals surface area contributed by atoms with Gasteiger partial charge in [-0.25, -0.2) is 9.78 Å². The molecule has 0 unspecified atom stereocenters. The number of hydrogen-bond donors (Lipinski definition) is 2. The van der Waals surface area contributed by atoms with Crippen LogP contribution < -0.4 is 5.32 Å². The highest BCUT2D eigenvalue weighted by Gasteiger charge is 2.19. The standard InChI is InChI=1S/C12H13N3O3S/c1-2-13-9(16)7-19-11-10(12(17)18)15-6-4-3-5-8(15)14-11/h3-6H,2,7H2,1H3,(H,13,16)(H,17,18). The van der Waals surface area contributed by atoms with E-state index in [9.17, 15) is 14.7 Å². The average Bonchev–Trinajstić information content (AvgIpc) is 2.75. The van der Waals surface area contributed by atoms with E-state index in [1.54, 1.807) is 24.4 Å². The lowest BCUT2D eigenvalue weighted by Gasteiger charge is -2.01. The monoisotopic (exact) mass is 279 g/mol. The summed E-state index contributed by atoms with van der Waals surface area (Å²) in [6, 6.07) is 5.24. The maximum atomic E-state index is 11.4. The van der Waals surface area contributed by atoms with Crippen LogP contribution in [0.3, 0.4) is 0 Å². The van der Waals surface area contributed by atoms with Gasteiger partial charge in [0.05, 0.1) is 5.75 Å². The van der Waals surface area contributed by atoms with Gasteiger partial charge in [-0.2, -0.15) is 0 Å². The van der Waals surface area contributed by atoms with Crippen LogP contribution in [-0.4, -0.2) is 38.7 Å². The van der Waals surface area contributed by atoms with Crippen molar-refractivity contribution in [3.63, 3.8) is 0 Å². The number of nitrogens with one attached hydrogen (secondary N) is 1. The fourth-order valence-corrected chi connectivity index (χ4v) is 2.50. The highest BCUT2D eigenvalue weighted by molar-refractivity contribution is 8.00. The average molecular weight is 279 g/mol. The number of nitrogens with zero attached hydrogens (tertiary/aromatic N) is 2. The van der Waals surface area contributed by atoms with Crippen molar-refractivity contribution in [3.8, 4) is 0 Å². The topological polar surface area (TPSA) is 83.7 Å². The molecule has 7 heteroatoms. The van der Waals surface area contributed by atoms with Crippen molar-refractivity contribution in [2.24, 2.45) is 0 Å². The lowest BCUT2D eigenvalue weighted by molar-refractivity contribution is -0.118. The number of fused-ring (bicyclic) bond motifs is 1. The number of carbonyl (C=O) groups is 2. The normalized spacial score (nSPS) is 10.6. The Morgan fingerprint density at radius 3 is 2.95 bits per heavy atom. The quantitative estimate of drug-likeness (QED) is 0.805. The molecule has 1 amide bonds. The van der Waals surface area contributed by atoms with Gasteiger partial charge >= 0.3 is 5.97 Å². The molecule has 0 fully saturated rings. The summed E-state index contributed by atoms with van der Waals surface area (Å²) in [6.07, 6.45) is 1.64. The Kier molecular flexibility index (Phi) is 4.06. The first-order valence-electron chi connectivity index (χ1n) is 5.73. The van der Waals surface area contributed by atoms with Crippen LogP contribution in [-0.2, 0) is 4.79 Å². The zero-order valence-electron chi connectivity index (χ0n) is 10.3. The minimum Gasteiger partial charge on any atom is -0.476 e. The second-order valence-corrected chi connectivity index (χ2v) is 4.71. The van der Waals surface area contributed by atoms with E-state index in [0.29, 0.717) is 17.2 Å². The van der Waals surface area contributed by atoms with E-state index in [-0.39, 0.29) is 17.4 Å². The molecule has 19 heavy (non-hydrogen) atoms. The lowest BCUT2D eigenvalue weighted by Crippen LogP contribution is -2.24. The number of carboxylic acid groups (broad SMARTS) is 1. The van der Waals surface area contributed by atoms with Gasteiger partial charge in [0.2, 0.25) is 5.91 Å². The number of rotatable bonds is 5. The Morgan fingerprint density at radius 1 is 1.47 bits per heavy atom. The molecule has 0 atom stereocenters. The first kappa shape index (κ1) is 13.4. The molecule has 0 spiro atoms. The molecule has 0 aliphatic heterocycles. The first-order valence-corrected chi connectivity index (χ1v) is 6.72. The van der Waals surface area contributed by atoms with Gasteiger partial charge in [0.1, 0.15) is 10.7 Å². The van der Waals surface area contributed by atoms with Crippen LogP contribution in [0, 0.1) is 0 Å². The Bertz CT molecular complexity index is 624. The van der Waals surface area contributed by atoms with Gasteiger partial charge in [-0.3, -0.25) is 9.20 Å². The number of carboxylic acids is 1. The minimum absolute atomic E-state index is 0.0879. The first-order chi connectivity index (χ1) is 9.13. The van der Waals surface area contributed by atoms with Crippen molar-refractivity contribution >= 4 is 29.3 Å².